The van der Waals surface area contributed by atoms with E-state index in [0.29, 0.717) is 13.1 Å². The molecular formula is C18H24N6O2. The van der Waals surface area contributed by atoms with Gasteiger partial charge in [-0.05, 0) is 37.8 Å². The first-order valence-electron chi connectivity index (χ1n) is 9.32. The van der Waals surface area contributed by atoms with E-state index in [4.69, 9.17) is 0 Å². The number of likely N-dealkylation sites (tertiary alicyclic amines) is 2. The minimum absolute atomic E-state index is 0.0883. The van der Waals surface area contributed by atoms with E-state index in [0.717, 1.165) is 49.8 Å². The number of carbonyl (C=O) groups excluding carboxylic acids is 2. The number of piperidine rings is 1. The lowest BCUT2D eigenvalue weighted by Crippen LogP contribution is -2.50. The molecule has 1 N–H and O–H groups in total. The highest BCUT2D eigenvalue weighted by atomic mass is 16.2. The van der Waals surface area contributed by atoms with Gasteiger partial charge in [-0.2, -0.15) is 15.0 Å². The molecule has 0 atom stereocenters. The molecule has 2 aliphatic rings. The average Bonchev–Trinajstić information content (AvgIpc) is 3.31. The summed E-state index contributed by atoms with van der Waals surface area (Å²) in [5.41, 5.74) is 1.57. The zero-order valence-electron chi connectivity index (χ0n) is 14.8. The van der Waals surface area contributed by atoms with Crippen molar-refractivity contribution in [1.29, 1.82) is 0 Å². The van der Waals surface area contributed by atoms with Gasteiger partial charge >= 0.3 is 6.03 Å². The summed E-state index contributed by atoms with van der Waals surface area (Å²) in [6.45, 7) is 3.26. The van der Waals surface area contributed by atoms with Crippen LogP contribution in [0, 0.1) is 0 Å². The predicted octanol–water partition coefficient (Wildman–Crippen LogP) is 1.23. The monoisotopic (exact) mass is 356 g/mol. The van der Waals surface area contributed by atoms with Gasteiger partial charge in [0.15, 0.2) is 0 Å². The van der Waals surface area contributed by atoms with E-state index >= 15 is 0 Å². The van der Waals surface area contributed by atoms with Gasteiger partial charge in [-0.1, -0.05) is 12.1 Å². The minimum Gasteiger partial charge on any atom is -0.352 e. The Bertz CT molecular complexity index is 757. The number of hydrogen-bond donors (Lipinski definition) is 1. The number of amides is 3. The van der Waals surface area contributed by atoms with Crippen molar-refractivity contribution in [2.45, 2.75) is 38.3 Å². The quantitative estimate of drug-likeness (QED) is 0.897. The maximum absolute atomic E-state index is 12.4. The molecule has 2 fully saturated rings. The molecule has 4 rings (SSSR count). The first-order valence-corrected chi connectivity index (χ1v) is 9.32. The van der Waals surface area contributed by atoms with Crippen LogP contribution in [-0.4, -0.2) is 69.0 Å². The molecule has 1 aromatic heterocycles. The predicted molar refractivity (Wildman–Crippen MR) is 96.5 cm³/mol. The maximum atomic E-state index is 12.4. The standard InChI is InChI=1S/C18H24N6O2/c25-17(13-24-20-15-5-1-2-6-16(15)21-24)19-14-7-11-23(12-8-14)18(26)22-9-3-4-10-22/h1-2,5-6,14H,3-4,7-13H2,(H,19,25). The Morgan fingerprint density at radius 2 is 1.54 bits per heavy atom. The van der Waals surface area contributed by atoms with Gasteiger partial charge in [-0.25, -0.2) is 4.79 Å². The number of hydrogen-bond acceptors (Lipinski definition) is 4. The Balaban J connectivity index is 1.26. The van der Waals surface area contributed by atoms with Crippen LogP contribution >= 0.6 is 0 Å². The fourth-order valence-electron chi connectivity index (χ4n) is 3.70. The molecule has 2 saturated heterocycles. The van der Waals surface area contributed by atoms with Crippen LogP contribution in [0.2, 0.25) is 0 Å². The normalized spacial score (nSPS) is 18.5. The number of rotatable bonds is 3. The Hall–Kier alpha value is -2.64. The lowest BCUT2D eigenvalue weighted by molar-refractivity contribution is -0.123. The second kappa shape index (κ2) is 7.31. The van der Waals surface area contributed by atoms with Gasteiger partial charge in [-0.15, -0.1) is 0 Å². The highest BCUT2D eigenvalue weighted by molar-refractivity contribution is 5.77. The van der Waals surface area contributed by atoms with Crippen LogP contribution in [0.4, 0.5) is 4.79 Å². The third-order valence-electron chi connectivity index (χ3n) is 5.12. The SMILES string of the molecule is O=C(Cn1nc2ccccc2n1)NC1CCN(C(=O)N2CCCC2)CC1. The van der Waals surface area contributed by atoms with Crippen molar-refractivity contribution in [2.24, 2.45) is 0 Å². The maximum Gasteiger partial charge on any atom is 0.319 e. The topological polar surface area (TPSA) is 83.4 Å². The van der Waals surface area contributed by atoms with Crippen molar-refractivity contribution < 1.29 is 9.59 Å². The van der Waals surface area contributed by atoms with Crippen LogP contribution in [0.25, 0.3) is 11.0 Å². The van der Waals surface area contributed by atoms with Crippen molar-refractivity contribution in [2.75, 3.05) is 26.2 Å². The average molecular weight is 356 g/mol. The van der Waals surface area contributed by atoms with Crippen LogP contribution in [0.15, 0.2) is 24.3 Å². The van der Waals surface area contributed by atoms with Crippen LogP contribution in [-0.2, 0) is 11.3 Å². The molecule has 8 heteroatoms. The second-order valence-corrected chi connectivity index (χ2v) is 7.02. The lowest BCUT2D eigenvalue weighted by Gasteiger charge is -2.34. The molecule has 3 heterocycles. The summed E-state index contributed by atoms with van der Waals surface area (Å²) in [5.74, 6) is -0.0883. The summed E-state index contributed by atoms with van der Waals surface area (Å²) in [6.07, 6.45) is 3.79. The molecule has 0 bridgehead atoms. The van der Waals surface area contributed by atoms with Crippen molar-refractivity contribution in [3.05, 3.63) is 24.3 Å². The van der Waals surface area contributed by atoms with Crippen molar-refractivity contribution >= 4 is 23.0 Å². The zero-order valence-corrected chi connectivity index (χ0v) is 14.8. The Morgan fingerprint density at radius 1 is 0.962 bits per heavy atom. The molecule has 2 aliphatic heterocycles. The van der Waals surface area contributed by atoms with Gasteiger partial charge in [0.25, 0.3) is 0 Å². The van der Waals surface area contributed by atoms with Crippen molar-refractivity contribution in [3.8, 4) is 0 Å². The molecule has 138 valence electrons. The van der Waals surface area contributed by atoms with Crippen LogP contribution < -0.4 is 5.32 Å². The molecule has 2 aromatic rings. The molecule has 0 spiro atoms. The van der Waals surface area contributed by atoms with E-state index in [2.05, 4.69) is 15.5 Å². The minimum atomic E-state index is -0.0883. The highest BCUT2D eigenvalue weighted by Gasteiger charge is 2.28. The second-order valence-electron chi connectivity index (χ2n) is 7.02. The largest absolute Gasteiger partial charge is 0.352 e. The summed E-state index contributed by atoms with van der Waals surface area (Å²) in [7, 11) is 0. The van der Waals surface area contributed by atoms with Gasteiger partial charge in [0.05, 0.1) is 0 Å². The number of aromatic nitrogens is 3. The first-order chi connectivity index (χ1) is 12.7. The lowest BCUT2D eigenvalue weighted by atomic mass is 10.1. The van der Waals surface area contributed by atoms with Crippen LogP contribution in [0.3, 0.4) is 0 Å². The van der Waals surface area contributed by atoms with E-state index in [1.807, 2.05) is 34.1 Å². The fourth-order valence-corrected chi connectivity index (χ4v) is 3.70. The Kier molecular flexibility index (Phi) is 4.73. The van der Waals surface area contributed by atoms with Crippen LogP contribution in [0.1, 0.15) is 25.7 Å². The summed E-state index contributed by atoms with van der Waals surface area (Å²) < 4.78 is 0. The third kappa shape index (κ3) is 3.63. The highest BCUT2D eigenvalue weighted by Crippen LogP contribution is 2.16. The molecule has 0 aliphatic carbocycles. The van der Waals surface area contributed by atoms with Gasteiger partial charge in [0.1, 0.15) is 17.6 Å². The first kappa shape index (κ1) is 16.8. The van der Waals surface area contributed by atoms with Gasteiger partial charge < -0.3 is 15.1 Å². The molecule has 0 radical (unpaired) electrons. The molecule has 0 unspecified atom stereocenters. The summed E-state index contributed by atoms with van der Waals surface area (Å²) >= 11 is 0. The van der Waals surface area contributed by atoms with E-state index in [9.17, 15) is 9.59 Å². The molecular weight excluding hydrogens is 332 g/mol. The molecule has 26 heavy (non-hydrogen) atoms. The van der Waals surface area contributed by atoms with Crippen molar-refractivity contribution in [1.82, 2.24) is 30.1 Å². The molecule has 0 saturated carbocycles. The van der Waals surface area contributed by atoms with E-state index in [1.54, 1.807) is 0 Å². The number of carbonyl (C=O) groups is 2. The summed E-state index contributed by atoms with van der Waals surface area (Å²) in [4.78, 5) is 30.0. The van der Waals surface area contributed by atoms with Gasteiger partial charge in [0, 0.05) is 32.2 Å². The van der Waals surface area contributed by atoms with Crippen molar-refractivity contribution in [3.63, 3.8) is 0 Å². The van der Waals surface area contributed by atoms with Gasteiger partial charge in [0.2, 0.25) is 5.91 Å². The van der Waals surface area contributed by atoms with Crippen LogP contribution in [0.5, 0.6) is 0 Å². The van der Waals surface area contributed by atoms with E-state index in [1.165, 1.54) is 4.80 Å². The van der Waals surface area contributed by atoms with E-state index in [-0.39, 0.29) is 24.5 Å². The number of nitrogens with zero attached hydrogens (tertiary/aromatic N) is 5. The fraction of sp³-hybridized carbons (Fsp3) is 0.556. The third-order valence-corrected chi connectivity index (χ3v) is 5.12. The summed E-state index contributed by atoms with van der Waals surface area (Å²) in [6, 6.07) is 7.82. The number of nitrogens with one attached hydrogen (secondary N) is 1. The molecule has 8 nitrogen and oxygen atoms in total. The molecule has 3 amide bonds. The van der Waals surface area contributed by atoms with E-state index < -0.39 is 0 Å². The Morgan fingerprint density at radius 3 is 2.15 bits per heavy atom. The Labute approximate surface area is 152 Å². The van der Waals surface area contributed by atoms with Gasteiger partial charge in [-0.3, -0.25) is 4.79 Å². The number of fused-ring (bicyclic) bond motifs is 1. The zero-order chi connectivity index (χ0) is 17.9. The molecule has 1 aromatic carbocycles. The summed E-state index contributed by atoms with van der Waals surface area (Å²) in [5, 5.41) is 11.7. The number of urea groups is 1. The number of benzene rings is 1. The smallest absolute Gasteiger partial charge is 0.319 e.